The van der Waals surface area contributed by atoms with E-state index in [-0.39, 0.29) is 0 Å². The highest BCUT2D eigenvalue weighted by Crippen LogP contribution is 2.34. The second kappa shape index (κ2) is 5.99. The number of rotatable bonds is 3. The zero-order valence-corrected chi connectivity index (χ0v) is 13.8. The van der Waals surface area contributed by atoms with Crippen molar-refractivity contribution in [2.75, 3.05) is 13.1 Å². The van der Waals surface area contributed by atoms with Crippen molar-refractivity contribution in [3.63, 3.8) is 0 Å². The summed E-state index contributed by atoms with van der Waals surface area (Å²) in [5, 5.41) is 11.8. The Balaban J connectivity index is 1.95. The van der Waals surface area contributed by atoms with Crippen molar-refractivity contribution in [1.29, 1.82) is 0 Å². The molecule has 2 unspecified atom stereocenters. The van der Waals surface area contributed by atoms with E-state index in [2.05, 4.69) is 18.7 Å². The molecular formula is C16H19NO2S2. The predicted octanol–water partition coefficient (Wildman–Crippen LogP) is 3.93. The van der Waals surface area contributed by atoms with Gasteiger partial charge in [-0.1, -0.05) is 32.0 Å². The van der Waals surface area contributed by atoms with Crippen LogP contribution < -0.4 is 0 Å². The predicted molar refractivity (Wildman–Crippen MR) is 90.6 cm³/mol. The van der Waals surface area contributed by atoms with E-state index in [4.69, 9.17) is 0 Å². The van der Waals surface area contributed by atoms with Crippen molar-refractivity contribution in [2.45, 2.75) is 30.9 Å². The summed E-state index contributed by atoms with van der Waals surface area (Å²) in [6.45, 7) is 7.28. The van der Waals surface area contributed by atoms with Crippen LogP contribution in [0.5, 0.6) is 0 Å². The van der Waals surface area contributed by atoms with E-state index in [9.17, 15) is 9.90 Å². The summed E-state index contributed by atoms with van der Waals surface area (Å²) in [5.41, 5.74) is 0.981. The lowest BCUT2D eigenvalue weighted by Crippen LogP contribution is -2.39. The van der Waals surface area contributed by atoms with Crippen molar-refractivity contribution >= 4 is 39.2 Å². The van der Waals surface area contributed by atoms with Gasteiger partial charge in [-0.3, -0.25) is 4.90 Å². The van der Waals surface area contributed by atoms with Crippen LogP contribution in [-0.4, -0.2) is 39.6 Å². The largest absolute Gasteiger partial charge is 0.477 e. The molecule has 0 amide bonds. The van der Waals surface area contributed by atoms with Crippen molar-refractivity contribution in [3.8, 4) is 0 Å². The Kier molecular flexibility index (Phi) is 4.24. The molecule has 0 spiro atoms. The number of hydrogen-bond donors (Lipinski definition) is 1. The molecule has 112 valence electrons. The van der Waals surface area contributed by atoms with Crippen LogP contribution in [-0.2, 0) is 6.54 Å². The topological polar surface area (TPSA) is 40.5 Å². The Labute approximate surface area is 133 Å². The molecule has 0 aliphatic carbocycles. The van der Waals surface area contributed by atoms with Crippen LogP contribution in [0.2, 0.25) is 0 Å². The average molecular weight is 321 g/mol. The zero-order chi connectivity index (χ0) is 15.0. The summed E-state index contributed by atoms with van der Waals surface area (Å²) in [6.07, 6.45) is 0. The van der Waals surface area contributed by atoms with Gasteiger partial charge in [-0.2, -0.15) is 11.8 Å². The molecule has 5 heteroatoms. The molecule has 0 radical (unpaired) electrons. The quantitative estimate of drug-likeness (QED) is 0.930. The van der Waals surface area contributed by atoms with Gasteiger partial charge in [0.2, 0.25) is 0 Å². The minimum atomic E-state index is -0.807. The van der Waals surface area contributed by atoms with Gasteiger partial charge >= 0.3 is 5.97 Å². The molecule has 3 nitrogen and oxygen atoms in total. The minimum absolute atomic E-state index is 0.495. The highest BCUT2D eigenvalue weighted by molar-refractivity contribution is 8.00. The molecule has 2 heterocycles. The van der Waals surface area contributed by atoms with E-state index in [1.165, 1.54) is 11.3 Å². The molecule has 2 atom stereocenters. The number of benzene rings is 1. The summed E-state index contributed by atoms with van der Waals surface area (Å²) >= 11 is 3.41. The van der Waals surface area contributed by atoms with Crippen molar-refractivity contribution in [1.82, 2.24) is 4.90 Å². The summed E-state index contributed by atoms with van der Waals surface area (Å²) in [5.74, 6) is -0.807. The molecule has 2 aromatic rings. The Morgan fingerprint density at radius 3 is 2.62 bits per heavy atom. The number of fused-ring (bicyclic) bond motifs is 1. The number of thiophene rings is 1. The fraction of sp³-hybridized carbons (Fsp3) is 0.438. The van der Waals surface area contributed by atoms with Crippen LogP contribution >= 0.6 is 23.1 Å². The van der Waals surface area contributed by atoms with Crippen LogP contribution in [0.4, 0.5) is 0 Å². The summed E-state index contributed by atoms with van der Waals surface area (Å²) < 4.78 is 1.07. The lowest BCUT2D eigenvalue weighted by Gasteiger charge is -2.34. The standard InChI is InChI=1S/C16H19NO2S2/c1-10-7-17(8-11(2)20-10)9-13-12-5-3-4-6-14(12)21-15(13)16(18)19/h3-6,10-11H,7-9H2,1-2H3,(H,18,19). The molecule has 0 bridgehead atoms. The Bertz CT molecular complexity index is 657. The van der Waals surface area contributed by atoms with Crippen LogP contribution in [0.15, 0.2) is 24.3 Å². The fourth-order valence-electron chi connectivity index (χ4n) is 3.07. The number of hydrogen-bond acceptors (Lipinski definition) is 4. The Morgan fingerprint density at radius 2 is 1.95 bits per heavy atom. The van der Waals surface area contributed by atoms with E-state index in [0.717, 1.165) is 35.3 Å². The van der Waals surface area contributed by atoms with Gasteiger partial charge in [0.15, 0.2) is 0 Å². The van der Waals surface area contributed by atoms with Crippen molar-refractivity contribution in [3.05, 3.63) is 34.7 Å². The number of aromatic carboxylic acids is 1. The molecule has 21 heavy (non-hydrogen) atoms. The third-order valence-electron chi connectivity index (χ3n) is 3.77. The SMILES string of the molecule is CC1CN(Cc2c(C(=O)O)sc3ccccc23)CC(C)S1. The monoisotopic (exact) mass is 321 g/mol. The van der Waals surface area contributed by atoms with Gasteiger partial charge in [0.25, 0.3) is 0 Å². The molecular weight excluding hydrogens is 302 g/mol. The molecule has 1 fully saturated rings. The van der Waals surface area contributed by atoms with Gasteiger partial charge in [0.05, 0.1) is 0 Å². The van der Waals surface area contributed by atoms with Crippen LogP contribution in [0.3, 0.4) is 0 Å². The third kappa shape index (κ3) is 3.10. The summed E-state index contributed by atoms with van der Waals surface area (Å²) in [4.78, 5) is 14.4. The van der Waals surface area contributed by atoms with Crippen LogP contribution in [0.1, 0.15) is 29.1 Å². The minimum Gasteiger partial charge on any atom is -0.477 e. The van der Waals surface area contributed by atoms with E-state index in [1.54, 1.807) is 0 Å². The Hall–Kier alpha value is -1.04. The molecule has 1 N–H and O–H groups in total. The molecule has 1 aliphatic rings. The lowest BCUT2D eigenvalue weighted by molar-refractivity contribution is 0.0700. The molecule has 1 saturated heterocycles. The van der Waals surface area contributed by atoms with Gasteiger partial charge in [-0.05, 0) is 17.0 Å². The lowest BCUT2D eigenvalue weighted by atomic mass is 10.1. The summed E-state index contributed by atoms with van der Waals surface area (Å²) in [6, 6.07) is 8.00. The highest BCUT2D eigenvalue weighted by Gasteiger charge is 2.25. The number of carboxylic acid groups (broad SMARTS) is 1. The average Bonchev–Trinajstić information content (AvgIpc) is 2.77. The Morgan fingerprint density at radius 1 is 1.29 bits per heavy atom. The van der Waals surface area contributed by atoms with E-state index < -0.39 is 5.97 Å². The number of carbonyl (C=O) groups is 1. The first-order valence-electron chi connectivity index (χ1n) is 7.16. The van der Waals surface area contributed by atoms with Gasteiger partial charge < -0.3 is 5.11 Å². The first-order valence-corrected chi connectivity index (χ1v) is 8.92. The van der Waals surface area contributed by atoms with E-state index >= 15 is 0 Å². The molecule has 1 aromatic heterocycles. The fourth-order valence-corrected chi connectivity index (χ4v) is 5.51. The van der Waals surface area contributed by atoms with Gasteiger partial charge in [-0.15, -0.1) is 11.3 Å². The molecule has 0 saturated carbocycles. The molecule has 1 aromatic carbocycles. The normalized spacial score (nSPS) is 23.5. The van der Waals surface area contributed by atoms with Gasteiger partial charge in [-0.25, -0.2) is 4.79 Å². The van der Waals surface area contributed by atoms with Gasteiger partial charge in [0, 0.05) is 34.8 Å². The maximum atomic E-state index is 11.5. The highest BCUT2D eigenvalue weighted by atomic mass is 32.2. The number of thioether (sulfide) groups is 1. The number of nitrogens with zero attached hydrogens (tertiary/aromatic N) is 1. The van der Waals surface area contributed by atoms with Crippen molar-refractivity contribution in [2.24, 2.45) is 0 Å². The van der Waals surface area contributed by atoms with Crippen LogP contribution in [0.25, 0.3) is 10.1 Å². The second-order valence-corrected chi connectivity index (χ2v) is 8.60. The second-order valence-electron chi connectivity index (χ2n) is 5.66. The van der Waals surface area contributed by atoms with Crippen molar-refractivity contribution < 1.29 is 9.90 Å². The van der Waals surface area contributed by atoms with Gasteiger partial charge in [0.1, 0.15) is 4.88 Å². The smallest absolute Gasteiger partial charge is 0.346 e. The maximum absolute atomic E-state index is 11.5. The third-order valence-corrected chi connectivity index (χ3v) is 6.20. The first-order chi connectivity index (χ1) is 10.0. The molecule has 3 rings (SSSR count). The first kappa shape index (κ1) is 14.9. The zero-order valence-electron chi connectivity index (χ0n) is 12.2. The van der Waals surface area contributed by atoms with E-state index in [1.807, 2.05) is 36.0 Å². The molecule has 1 aliphatic heterocycles. The van der Waals surface area contributed by atoms with E-state index in [0.29, 0.717) is 15.4 Å². The maximum Gasteiger partial charge on any atom is 0.346 e. The summed E-state index contributed by atoms with van der Waals surface area (Å²) in [7, 11) is 0. The number of carboxylic acids is 1. The van der Waals surface area contributed by atoms with Crippen LogP contribution in [0, 0.1) is 0 Å².